The van der Waals surface area contributed by atoms with E-state index in [-0.39, 0.29) is 5.88 Å². The molecule has 32 heavy (non-hydrogen) atoms. The molecule has 1 amide bonds. The van der Waals surface area contributed by atoms with Crippen LogP contribution in [-0.2, 0) is 6.54 Å². The van der Waals surface area contributed by atoms with Crippen LogP contribution in [0, 0.1) is 26.7 Å². The van der Waals surface area contributed by atoms with E-state index in [2.05, 4.69) is 29.1 Å². The van der Waals surface area contributed by atoms with Crippen LogP contribution >= 0.6 is 0 Å². The molecule has 4 rings (SSSR count). The molecule has 0 unspecified atom stereocenters. The van der Waals surface area contributed by atoms with Crippen LogP contribution in [0.25, 0.3) is 21.8 Å². The van der Waals surface area contributed by atoms with Gasteiger partial charge >= 0.3 is 0 Å². The number of aromatic nitrogens is 2. The van der Waals surface area contributed by atoms with Gasteiger partial charge in [0.2, 0.25) is 5.88 Å². The summed E-state index contributed by atoms with van der Waals surface area (Å²) in [4.78, 5) is 17.6. The van der Waals surface area contributed by atoms with E-state index in [1.807, 2.05) is 61.7 Å². The maximum Gasteiger partial charge on any atom is 0.296 e. The average Bonchev–Trinajstić information content (AvgIpc) is 3.00. The van der Waals surface area contributed by atoms with Gasteiger partial charge in [-0.3, -0.25) is 9.78 Å². The predicted octanol–water partition coefficient (Wildman–Crippen LogP) is 6.79. The molecule has 0 fully saturated rings. The molecular formula is C26H28N4O2. The van der Waals surface area contributed by atoms with E-state index in [0.717, 1.165) is 45.0 Å². The van der Waals surface area contributed by atoms with E-state index in [0.29, 0.717) is 23.7 Å². The molecule has 2 aromatic carbocycles. The topological polar surface area (TPSA) is 79.8 Å². The first kappa shape index (κ1) is 21.7. The monoisotopic (exact) mass is 428 g/mol. The number of carbonyl (C=O) groups excluding carboxylic acids is 1. The normalized spacial score (nSPS) is 11.9. The van der Waals surface area contributed by atoms with Crippen LogP contribution in [0.4, 0.5) is 5.69 Å². The molecule has 2 aromatic heterocycles. The Morgan fingerprint density at radius 2 is 1.72 bits per heavy atom. The second-order valence-corrected chi connectivity index (χ2v) is 8.86. The highest BCUT2D eigenvalue weighted by Gasteiger charge is 2.18. The van der Waals surface area contributed by atoms with E-state index in [1.54, 1.807) is 6.07 Å². The van der Waals surface area contributed by atoms with E-state index < -0.39 is 5.91 Å². The minimum atomic E-state index is -0.457. The fourth-order valence-corrected chi connectivity index (χ4v) is 3.95. The maximum atomic E-state index is 13.1. The number of rotatable bonds is 5. The standard InChI is InChI=1S/C26H28N4O2/c1-15(2)10-11-30-23-9-7-17(4)13-21(23)24(26(30)32)28-29-25(31)20-14-18(5)27-22-8-6-16(3)12-19(20)22/h6-9,12-15,32H,10-11H2,1-5H3. The molecule has 0 saturated heterocycles. The Bertz CT molecular complexity index is 1370. The Hall–Kier alpha value is -3.54. The zero-order valence-electron chi connectivity index (χ0n) is 19.2. The molecule has 4 aromatic rings. The highest BCUT2D eigenvalue weighted by Crippen LogP contribution is 2.40. The third kappa shape index (κ3) is 4.13. The Balaban J connectivity index is 1.78. The van der Waals surface area contributed by atoms with Gasteiger partial charge in [0.1, 0.15) is 0 Å². The number of fused-ring (bicyclic) bond motifs is 2. The molecule has 0 aliphatic rings. The van der Waals surface area contributed by atoms with Crippen molar-refractivity contribution in [1.82, 2.24) is 9.55 Å². The molecule has 0 aliphatic heterocycles. The molecule has 0 bridgehead atoms. The predicted molar refractivity (Wildman–Crippen MR) is 128 cm³/mol. The molecule has 6 nitrogen and oxygen atoms in total. The van der Waals surface area contributed by atoms with Crippen LogP contribution in [0.5, 0.6) is 5.88 Å². The first-order valence-corrected chi connectivity index (χ1v) is 10.9. The van der Waals surface area contributed by atoms with Crippen LogP contribution in [0.2, 0.25) is 0 Å². The first-order chi connectivity index (χ1) is 15.2. The van der Waals surface area contributed by atoms with Crippen molar-refractivity contribution in [2.75, 3.05) is 0 Å². The summed E-state index contributed by atoms with van der Waals surface area (Å²) in [6.07, 6.45) is 0.919. The number of amides is 1. The second-order valence-electron chi connectivity index (χ2n) is 8.86. The Morgan fingerprint density at radius 3 is 2.44 bits per heavy atom. The summed E-state index contributed by atoms with van der Waals surface area (Å²) in [5.74, 6) is 0.0752. The third-order valence-corrected chi connectivity index (χ3v) is 5.66. The number of carbonyl (C=O) groups is 1. The number of hydrogen-bond acceptors (Lipinski definition) is 4. The fourth-order valence-electron chi connectivity index (χ4n) is 3.95. The lowest BCUT2D eigenvalue weighted by atomic mass is 10.1. The molecule has 0 saturated carbocycles. The molecule has 2 heterocycles. The van der Waals surface area contributed by atoms with Crippen LogP contribution < -0.4 is 0 Å². The van der Waals surface area contributed by atoms with E-state index in [1.165, 1.54) is 0 Å². The highest BCUT2D eigenvalue weighted by molar-refractivity contribution is 6.07. The van der Waals surface area contributed by atoms with E-state index in [4.69, 9.17) is 0 Å². The highest BCUT2D eigenvalue weighted by atomic mass is 16.3. The molecule has 0 atom stereocenters. The van der Waals surface area contributed by atoms with Crippen molar-refractivity contribution in [3.05, 3.63) is 64.8 Å². The van der Waals surface area contributed by atoms with Crippen LogP contribution in [0.3, 0.4) is 0 Å². The molecule has 6 heteroatoms. The quantitative estimate of drug-likeness (QED) is 0.355. The number of azo groups is 1. The van der Waals surface area contributed by atoms with Gasteiger partial charge in [-0.1, -0.05) is 37.1 Å². The van der Waals surface area contributed by atoms with Gasteiger partial charge in [0, 0.05) is 23.0 Å². The lowest BCUT2D eigenvalue weighted by molar-refractivity contribution is 0.0996. The van der Waals surface area contributed by atoms with Crippen molar-refractivity contribution in [2.24, 2.45) is 16.1 Å². The second kappa shape index (κ2) is 8.54. The lowest BCUT2D eigenvalue weighted by Gasteiger charge is -2.09. The molecular weight excluding hydrogens is 400 g/mol. The van der Waals surface area contributed by atoms with Crippen molar-refractivity contribution in [1.29, 1.82) is 0 Å². The Morgan fingerprint density at radius 1 is 1.03 bits per heavy atom. The van der Waals surface area contributed by atoms with Crippen molar-refractivity contribution in [2.45, 2.75) is 47.6 Å². The summed E-state index contributed by atoms with van der Waals surface area (Å²) in [5.41, 5.74) is 5.24. The number of benzene rings is 2. The SMILES string of the molecule is Cc1ccc2nc(C)cc(C(=O)N=Nc3c(O)n(CCC(C)C)c4ccc(C)cc34)c2c1. The molecule has 164 valence electrons. The van der Waals surface area contributed by atoms with Gasteiger partial charge in [-0.05, 0) is 63.4 Å². The number of aryl methyl sites for hydroxylation is 4. The zero-order chi connectivity index (χ0) is 23.0. The lowest BCUT2D eigenvalue weighted by Crippen LogP contribution is -2.00. The van der Waals surface area contributed by atoms with Gasteiger partial charge in [-0.15, -0.1) is 10.2 Å². The van der Waals surface area contributed by atoms with Gasteiger partial charge in [-0.2, -0.15) is 0 Å². The number of aromatic hydroxyl groups is 1. The molecule has 0 radical (unpaired) electrons. The summed E-state index contributed by atoms with van der Waals surface area (Å²) in [6.45, 7) is 10.8. The summed E-state index contributed by atoms with van der Waals surface area (Å²) in [7, 11) is 0. The van der Waals surface area contributed by atoms with Crippen molar-refractivity contribution >= 4 is 33.4 Å². The van der Waals surface area contributed by atoms with Crippen molar-refractivity contribution in [3.63, 3.8) is 0 Å². The molecule has 0 spiro atoms. The fraction of sp³-hybridized carbons (Fsp3) is 0.308. The summed E-state index contributed by atoms with van der Waals surface area (Å²) < 4.78 is 1.85. The van der Waals surface area contributed by atoms with Crippen LogP contribution in [0.1, 0.15) is 47.4 Å². The largest absolute Gasteiger partial charge is 0.493 e. The Kier molecular flexibility index (Phi) is 5.78. The minimum Gasteiger partial charge on any atom is -0.493 e. The first-order valence-electron chi connectivity index (χ1n) is 10.9. The van der Waals surface area contributed by atoms with E-state index in [9.17, 15) is 9.90 Å². The van der Waals surface area contributed by atoms with Gasteiger partial charge < -0.3 is 9.67 Å². The minimum absolute atomic E-state index is 0.0365. The summed E-state index contributed by atoms with van der Waals surface area (Å²) >= 11 is 0. The van der Waals surface area contributed by atoms with E-state index >= 15 is 0 Å². The smallest absolute Gasteiger partial charge is 0.296 e. The van der Waals surface area contributed by atoms with Gasteiger partial charge in [0.15, 0.2) is 5.69 Å². The van der Waals surface area contributed by atoms with Crippen LogP contribution in [0.15, 0.2) is 52.7 Å². The summed E-state index contributed by atoms with van der Waals surface area (Å²) in [5, 5.41) is 20.7. The number of pyridine rings is 1. The van der Waals surface area contributed by atoms with Crippen molar-refractivity contribution < 1.29 is 9.90 Å². The average molecular weight is 429 g/mol. The summed E-state index contributed by atoms with van der Waals surface area (Å²) in [6, 6.07) is 13.5. The third-order valence-electron chi connectivity index (χ3n) is 5.66. The van der Waals surface area contributed by atoms with Crippen molar-refractivity contribution in [3.8, 4) is 5.88 Å². The maximum absolute atomic E-state index is 13.1. The molecule has 1 N–H and O–H groups in total. The number of hydrogen-bond donors (Lipinski definition) is 1. The number of nitrogens with zero attached hydrogens (tertiary/aromatic N) is 4. The Labute approximate surface area is 187 Å². The van der Waals surface area contributed by atoms with Gasteiger partial charge in [0.25, 0.3) is 5.91 Å². The van der Waals surface area contributed by atoms with Crippen LogP contribution in [-0.4, -0.2) is 20.6 Å². The zero-order valence-corrected chi connectivity index (χ0v) is 19.2. The molecule has 0 aliphatic carbocycles. The van der Waals surface area contributed by atoms with Gasteiger partial charge in [-0.25, -0.2) is 0 Å². The van der Waals surface area contributed by atoms with Gasteiger partial charge in [0.05, 0.1) is 16.6 Å².